The van der Waals surface area contributed by atoms with Gasteiger partial charge in [-0.25, -0.2) is 12.3 Å². The standard InChI is InChI=1S/C4H10F3NOSi/c1-8(2)3-4-9-10(5,6)7/h3-4H2,1-2H3. The van der Waals surface area contributed by atoms with Crippen LogP contribution in [-0.2, 0) is 4.43 Å². The Morgan fingerprint density at radius 2 is 1.80 bits per heavy atom. The van der Waals surface area contributed by atoms with E-state index in [4.69, 9.17) is 0 Å². The van der Waals surface area contributed by atoms with Gasteiger partial charge in [0.25, 0.3) is 0 Å². The maximum atomic E-state index is 11.4. The molecule has 0 saturated heterocycles. The van der Waals surface area contributed by atoms with Crippen LogP contribution in [0.4, 0.5) is 12.3 Å². The van der Waals surface area contributed by atoms with Crippen LogP contribution in [0.2, 0.25) is 0 Å². The van der Waals surface area contributed by atoms with Gasteiger partial charge in [0.1, 0.15) is 0 Å². The molecule has 0 unspecified atom stereocenters. The highest BCUT2D eigenvalue weighted by atomic mass is 28.5. The van der Waals surface area contributed by atoms with Crippen LogP contribution in [0.15, 0.2) is 0 Å². The molecule has 62 valence electrons. The summed E-state index contributed by atoms with van der Waals surface area (Å²) in [6, 6.07) is 0. The number of hydrogen-bond donors (Lipinski definition) is 0. The molecule has 0 rings (SSSR count). The number of halogens is 3. The van der Waals surface area contributed by atoms with Crippen molar-refractivity contribution >= 4 is 9.32 Å². The van der Waals surface area contributed by atoms with Crippen LogP contribution >= 0.6 is 0 Å². The average molecular weight is 173 g/mol. The molecule has 6 heteroatoms. The Hall–Kier alpha value is -0.0731. The van der Waals surface area contributed by atoms with Crippen molar-refractivity contribution in [3.05, 3.63) is 0 Å². The van der Waals surface area contributed by atoms with Gasteiger partial charge in [-0.1, -0.05) is 0 Å². The lowest BCUT2D eigenvalue weighted by Crippen LogP contribution is -2.27. The summed E-state index contributed by atoms with van der Waals surface area (Å²) in [6.07, 6.45) is 0. The molecule has 0 radical (unpaired) electrons. The van der Waals surface area contributed by atoms with E-state index in [0.717, 1.165) is 0 Å². The van der Waals surface area contributed by atoms with Gasteiger partial charge in [0.05, 0.1) is 6.61 Å². The van der Waals surface area contributed by atoms with Crippen molar-refractivity contribution in [2.45, 2.75) is 0 Å². The number of nitrogens with zero attached hydrogens (tertiary/aromatic N) is 1. The Morgan fingerprint density at radius 1 is 1.30 bits per heavy atom. The first-order chi connectivity index (χ1) is 4.42. The molecule has 0 aliphatic carbocycles. The zero-order chi connectivity index (χ0) is 8.20. The second kappa shape index (κ2) is 3.94. The molecule has 2 nitrogen and oxygen atoms in total. The monoisotopic (exact) mass is 173 g/mol. The van der Waals surface area contributed by atoms with E-state index in [-0.39, 0.29) is 6.61 Å². The molecule has 0 bridgehead atoms. The first kappa shape index (κ1) is 9.93. The summed E-state index contributed by atoms with van der Waals surface area (Å²) in [5.41, 5.74) is 0. The van der Waals surface area contributed by atoms with Crippen molar-refractivity contribution in [2.75, 3.05) is 27.2 Å². The zero-order valence-corrected chi connectivity index (χ0v) is 6.90. The van der Waals surface area contributed by atoms with Gasteiger partial charge in [-0.15, -0.1) is 0 Å². The fourth-order valence-corrected chi connectivity index (χ4v) is 0.667. The second-order valence-corrected chi connectivity index (χ2v) is 3.28. The molecule has 0 atom stereocenters. The van der Waals surface area contributed by atoms with Gasteiger partial charge in [-0.3, -0.25) is 0 Å². The van der Waals surface area contributed by atoms with Crippen LogP contribution in [0, 0.1) is 0 Å². The molecule has 0 N–H and O–H groups in total. The minimum atomic E-state index is -5.75. The van der Waals surface area contributed by atoms with E-state index in [2.05, 4.69) is 4.43 Å². The fraction of sp³-hybridized carbons (Fsp3) is 1.00. The SMILES string of the molecule is CN(C)CCO[Si](F)(F)F. The zero-order valence-electron chi connectivity index (χ0n) is 5.90. The van der Waals surface area contributed by atoms with Gasteiger partial charge < -0.3 is 9.33 Å². The normalized spacial score (nSPS) is 12.6. The van der Waals surface area contributed by atoms with Gasteiger partial charge in [-0.05, 0) is 14.1 Å². The van der Waals surface area contributed by atoms with Crippen molar-refractivity contribution in [1.82, 2.24) is 4.90 Å². The van der Waals surface area contributed by atoms with Gasteiger partial charge in [0.15, 0.2) is 0 Å². The Bertz CT molecular complexity index is 95.0. The predicted molar refractivity (Wildman–Crippen MR) is 33.6 cm³/mol. The summed E-state index contributed by atoms with van der Waals surface area (Å²) in [5.74, 6) is 0. The van der Waals surface area contributed by atoms with Crippen LogP contribution in [0.5, 0.6) is 0 Å². The molecule has 0 spiro atoms. The maximum absolute atomic E-state index is 11.4. The van der Waals surface area contributed by atoms with Gasteiger partial charge >= 0.3 is 9.32 Å². The second-order valence-electron chi connectivity index (χ2n) is 2.10. The van der Waals surface area contributed by atoms with Gasteiger partial charge in [0.2, 0.25) is 0 Å². The third-order valence-corrected chi connectivity index (χ3v) is 1.34. The van der Waals surface area contributed by atoms with Crippen molar-refractivity contribution < 1.29 is 16.7 Å². The molecule has 0 saturated carbocycles. The quantitative estimate of drug-likeness (QED) is 0.463. The first-order valence-corrected chi connectivity index (χ1v) is 4.31. The lowest BCUT2D eigenvalue weighted by Gasteiger charge is -2.09. The summed E-state index contributed by atoms with van der Waals surface area (Å²) >= 11 is 0. The minimum Gasteiger partial charge on any atom is -0.341 e. The molecular formula is C4H10F3NOSi. The molecule has 0 aliphatic heterocycles. The smallest absolute Gasteiger partial charge is 0.341 e. The molecule has 0 aliphatic rings. The Morgan fingerprint density at radius 3 is 2.10 bits per heavy atom. The first-order valence-electron chi connectivity index (χ1n) is 2.77. The Balaban J connectivity index is 3.21. The van der Waals surface area contributed by atoms with E-state index in [1.807, 2.05) is 0 Å². The lowest BCUT2D eigenvalue weighted by molar-refractivity contribution is 0.159. The van der Waals surface area contributed by atoms with E-state index in [9.17, 15) is 12.3 Å². The van der Waals surface area contributed by atoms with Gasteiger partial charge in [0, 0.05) is 6.54 Å². The molecule has 0 fully saturated rings. The predicted octanol–water partition coefficient (Wildman–Crippen LogP) is 0.909. The van der Waals surface area contributed by atoms with E-state index in [1.54, 1.807) is 19.0 Å². The molecule has 0 heterocycles. The molecular weight excluding hydrogens is 163 g/mol. The number of likely N-dealkylation sites (N-methyl/N-ethyl adjacent to an activating group) is 1. The highest BCUT2D eigenvalue weighted by molar-refractivity contribution is 6.51. The number of rotatable bonds is 4. The van der Waals surface area contributed by atoms with Crippen molar-refractivity contribution in [3.63, 3.8) is 0 Å². The van der Waals surface area contributed by atoms with Gasteiger partial charge in [-0.2, -0.15) is 0 Å². The van der Waals surface area contributed by atoms with Crippen LogP contribution in [-0.4, -0.2) is 41.5 Å². The van der Waals surface area contributed by atoms with Crippen molar-refractivity contribution in [2.24, 2.45) is 0 Å². The van der Waals surface area contributed by atoms with Crippen molar-refractivity contribution in [1.29, 1.82) is 0 Å². The third kappa shape index (κ3) is 7.93. The fourth-order valence-electron chi connectivity index (χ4n) is 0.344. The van der Waals surface area contributed by atoms with E-state index < -0.39 is 9.32 Å². The largest absolute Gasteiger partial charge is 0.802 e. The topological polar surface area (TPSA) is 12.5 Å². The average Bonchev–Trinajstić information content (AvgIpc) is 1.59. The van der Waals surface area contributed by atoms with E-state index in [0.29, 0.717) is 6.54 Å². The van der Waals surface area contributed by atoms with Crippen molar-refractivity contribution in [3.8, 4) is 0 Å². The van der Waals surface area contributed by atoms with Crippen LogP contribution in [0.3, 0.4) is 0 Å². The van der Waals surface area contributed by atoms with E-state index in [1.165, 1.54) is 0 Å². The third-order valence-electron chi connectivity index (χ3n) is 0.804. The molecule has 10 heavy (non-hydrogen) atoms. The Labute approximate surface area is 59.2 Å². The summed E-state index contributed by atoms with van der Waals surface area (Å²) in [4.78, 5) is 1.64. The van der Waals surface area contributed by atoms with Crippen LogP contribution in [0.1, 0.15) is 0 Å². The summed E-state index contributed by atoms with van der Waals surface area (Å²) < 4.78 is 37.8. The highest BCUT2D eigenvalue weighted by Gasteiger charge is 2.41. The highest BCUT2D eigenvalue weighted by Crippen LogP contribution is 2.08. The summed E-state index contributed by atoms with van der Waals surface area (Å²) in [5, 5.41) is 0. The van der Waals surface area contributed by atoms with E-state index >= 15 is 0 Å². The summed E-state index contributed by atoms with van der Waals surface area (Å²) in [7, 11) is -2.36. The molecule has 0 aromatic heterocycles. The molecule has 0 amide bonds. The van der Waals surface area contributed by atoms with Crippen LogP contribution in [0.25, 0.3) is 0 Å². The van der Waals surface area contributed by atoms with Crippen LogP contribution < -0.4 is 0 Å². The Kier molecular flexibility index (Phi) is 3.91. The minimum absolute atomic E-state index is 0.247. The summed E-state index contributed by atoms with van der Waals surface area (Å²) in [6.45, 7) is 0.0647. The molecule has 0 aromatic rings. The lowest BCUT2D eigenvalue weighted by atomic mass is 10.6. The number of hydrogen-bond acceptors (Lipinski definition) is 2. The molecule has 0 aromatic carbocycles. The maximum Gasteiger partial charge on any atom is 0.802 e.